The van der Waals surface area contributed by atoms with Crippen molar-refractivity contribution in [2.45, 2.75) is 27.3 Å². The van der Waals surface area contributed by atoms with E-state index in [1.807, 2.05) is 5.38 Å². The molecule has 1 atom stereocenters. The van der Waals surface area contributed by atoms with E-state index >= 15 is 0 Å². The van der Waals surface area contributed by atoms with Gasteiger partial charge in [0.2, 0.25) is 5.91 Å². The summed E-state index contributed by atoms with van der Waals surface area (Å²) in [6.45, 7) is 5.46. The van der Waals surface area contributed by atoms with Gasteiger partial charge in [0.05, 0.1) is 17.7 Å². The molecule has 1 rings (SSSR count). The molecule has 0 bridgehead atoms. The van der Waals surface area contributed by atoms with Gasteiger partial charge < -0.3 is 10.4 Å². The molecule has 0 saturated heterocycles. The maximum absolute atomic E-state index is 11.8. The van der Waals surface area contributed by atoms with Gasteiger partial charge in [-0.2, -0.15) is 0 Å². The second kappa shape index (κ2) is 5.27. The van der Waals surface area contributed by atoms with Crippen molar-refractivity contribution in [2.24, 2.45) is 11.3 Å². The van der Waals surface area contributed by atoms with Gasteiger partial charge in [0.15, 0.2) is 0 Å². The molecule has 0 aromatic carbocycles. The molecule has 1 heterocycles. The van der Waals surface area contributed by atoms with Crippen LogP contribution < -0.4 is 5.32 Å². The summed E-state index contributed by atoms with van der Waals surface area (Å²) in [6, 6.07) is 0. The Morgan fingerprint density at radius 3 is 2.59 bits per heavy atom. The Bertz CT molecular complexity index is 395. The van der Waals surface area contributed by atoms with Gasteiger partial charge in [-0.1, -0.05) is 20.8 Å². The number of nitrogens with one attached hydrogen (secondary N) is 1. The Hall–Kier alpha value is -1.43. The summed E-state index contributed by atoms with van der Waals surface area (Å²) in [4.78, 5) is 26.9. The minimum absolute atomic E-state index is 0.266. The van der Waals surface area contributed by atoms with E-state index in [4.69, 9.17) is 5.11 Å². The van der Waals surface area contributed by atoms with Gasteiger partial charge in [-0.25, -0.2) is 4.98 Å². The highest BCUT2D eigenvalue weighted by Gasteiger charge is 2.37. The molecular formula is C11H16N2O3S. The van der Waals surface area contributed by atoms with E-state index in [0.717, 1.165) is 5.69 Å². The largest absolute Gasteiger partial charge is 0.481 e. The third-order valence-corrected chi connectivity index (χ3v) is 2.94. The molecule has 1 aromatic heterocycles. The van der Waals surface area contributed by atoms with E-state index < -0.39 is 23.2 Å². The molecule has 0 radical (unpaired) electrons. The van der Waals surface area contributed by atoms with Crippen LogP contribution in [0.3, 0.4) is 0 Å². The third-order valence-electron chi connectivity index (χ3n) is 2.30. The second-order valence-electron chi connectivity index (χ2n) is 4.83. The number of rotatable bonds is 4. The van der Waals surface area contributed by atoms with Gasteiger partial charge in [0.25, 0.3) is 0 Å². The number of carboxylic acids is 1. The zero-order valence-corrected chi connectivity index (χ0v) is 10.9. The number of aliphatic carboxylic acids is 1. The second-order valence-corrected chi connectivity index (χ2v) is 5.55. The molecule has 0 aliphatic carbocycles. The van der Waals surface area contributed by atoms with Crippen molar-refractivity contribution in [3.8, 4) is 0 Å². The summed E-state index contributed by atoms with van der Waals surface area (Å²) in [6.07, 6.45) is 0. The van der Waals surface area contributed by atoms with Gasteiger partial charge in [-0.3, -0.25) is 9.59 Å². The van der Waals surface area contributed by atoms with E-state index in [1.54, 1.807) is 26.3 Å². The zero-order valence-electron chi connectivity index (χ0n) is 10.1. The molecule has 0 fully saturated rings. The Kier molecular flexibility index (Phi) is 4.22. The lowest BCUT2D eigenvalue weighted by Gasteiger charge is -2.25. The summed E-state index contributed by atoms with van der Waals surface area (Å²) in [5.74, 6) is -2.63. The van der Waals surface area contributed by atoms with Crippen LogP contribution in [0.15, 0.2) is 10.9 Å². The van der Waals surface area contributed by atoms with Gasteiger partial charge in [-0.05, 0) is 5.41 Å². The third kappa shape index (κ3) is 3.81. The van der Waals surface area contributed by atoms with Crippen LogP contribution in [0.5, 0.6) is 0 Å². The lowest BCUT2D eigenvalue weighted by Crippen LogP contribution is -2.42. The number of nitrogens with zero attached hydrogens (tertiary/aromatic N) is 1. The van der Waals surface area contributed by atoms with E-state index in [1.165, 1.54) is 11.3 Å². The summed E-state index contributed by atoms with van der Waals surface area (Å²) < 4.78 is 0. The molecule has 0 saturated carbocycles. The van der Waals surface area contributed by atoms with Crippen molar-refractivity contribution in [1.29, 1.82) is 0 Å². The van der Waals surface area contributed by atoms with Crippen LogP contribution in [0, 0.1) is 11.3 Å². The number of hydrogen-bond acceptors (Lipinski definition) is 4. The topological polar surface area (TPSA) is 79.3 Å². The van der Waals surface area contributed by atoms with Gasteiger partial charge in [-0.15, -0.1) is 11.3 Å². The van der Waals surface area contributed by atoms with E-state index in [-0.39, 0.29) is 6.54 Å². The lowest BCUT2D eigenvalue weighted by molar-refractivity contribution is -0.151. The number of hydrogen-bond donors (Lipinski definition) is 2. The van der Waals surface area contributed by atoms with Crippen molar-refractivity contribution in [2.75, 3.05) is 0 Å². The normalized spacial score (nSPS) is 13.1. The van der Waals surface area contributed by atoms with Crippen LogP contribution in [0.25, 0.3) is 0 Å². The van der Waals surface area contributed by atoms with Crippen LogP contribution >= 0.6 is 11.3 Å². The Morgan fingerprint density at radius 2 is 2.18 bits per heavy atom. The zero-order chi connectivity index (χ0) is 13.1. The van der Waals surface area contributed by atoms with Crippen LogP contribution in [-0.4, -0.2) is 22.0 Å². The average molecular weight is 256 g/mol. The van der Waals surface area contributed by atoms with Gasteiger partial charge >= 0.3 is 5.97 Å². The van der Waals surface area contributed by atoms with Crippen molar-refractivity contribution >= 4 is 23.2 Å². The quantitative estimate of drug-likeness (QED) is 0.800. The maximum Gasteiger partial charge on any atom is 0.316 e. The number of carbonyl (C=O) groups is 2. The van der Waals surface area contributed by atoms with E-state index in [2.05, 4.69) is 10.3 Å². The van der Waals surface area contributed by atoms with Crippen LogP contribution in [0.1, 0.15) is 26.5 Å². The fourth-order valence-corrected chi connectivity index (χ4v) is 2.04. The molecular weight excluding hydrogens is 240 g/mol. The standard InChI is InChI=1S/C11H16N2O3S/c1-11(2,3)8(10(15)16)9(14)12-4-7-5-17-6-13-7/h5-6,8H,4H2,1-3H3,(H,12,14)(H,15,16). The molecule has 1 aromatic rings. The first-order valence-corrected chi connectivity index (χ1v) is 6.14. The Balaban J connectivity index is 2.64. The van der Waals surface area contributed by atoms with Crippen molar-refractivity contribution in [3.05, 3.63) is 16.6 Å². The number of carbonyl (C=O) groups excluding carboxylic acids is 1. The van der Waals surface area contributed by atoms with Crippen LogP contribution in [0.4, 0.5) is 0 Å². The summed E-state index contributed by atoms with van der Waals surface area (Å²) in [5, 5.41) is 13.5. The van der Waals surface area contributed by atoms with Crippen molar-refractivity contribution < 1.29 is 14.7 Å². The van der Waals surface area contributed by atoms with E-state index in [0.29, 0.717) is 0 Å². The number of amides is 1. The Morgan fingerprint density at radius 1 is 1.53 bits per heavy atom. The SMILES string of the molecule is CC(C)(C)C(C(=O)O)C(=O)NCc1cscn1. The number of aromatic nitrogens is 1. The first-order valence-electron chi connectivity index (χ1n) is 5.20. The monoisotopic (exact) mass is 256 g/mol. The van der Waals surface area contributed by atoms with Gasteiger partial charge in [0, 0.05) is 5.38 Å². The minimum Gasteiger partial charge on any atom is -0.481 e. The highest BCUT2D eigenvalue weighted by Crippen LogP contribution is 2.26. The summed E-state index contributed by atoms with van der Waals surface area (Å²) in [7, 11) is 0. The smallest absolute Gasteiger partial charge is 0.316 e. The van der Waals surface area contributed by atoms with Crippen LogP contribution in [0.2, 0.25) is 0 Å². The van der Waals surface area contributed by atoms with E-state index in [9.17, 15) is 9.59 Å². The summed E-state index contributed by atoms with van der Waals surface area (Å²) in [5.41, 5.74) is 1.79. The molecule has 2 N–H and O–H groups in total. The first kappa shape index (κ1) is 13.6. The number of thiazole rings is 1. The van der Waals surface area contributed by atoms with Crippen molar-refractivity contribution in [1.82, 2.24) is 10.3 Å². The molecule has 1 unspecified atom stereocenters. The highest BCUT2D eigenvalue weighted by atomic mass is 32.1. The molecule has 5 nitrogen and oxygen atoms in total. The van der Waals surface area contributed by atoms with Gasteiger partial charge in [0.1, 0.15) is 5.92 Å². The molecule has 6 heteroatoms. The van der Waals surface area contributed by atoms with Crippen molar-refractivity contribution in [3.63, 3.8) is 0 Å². The molecule has 0 aliphatic rings. The average Bonchev–Trinajstić information content (AvgIpc) is 2.63. The Labute approximate surface area is 104 Å². The van der Waals surface area contributed by atoms with Crippen LogP contribution in [-0.2, 0) is 16.1 Å². The summed E-state index contributed by atoms with van der Waals surface area (Å²) >= 11 is 1.43. The predicted octanol–water partition coefficient (Wildman–Crippen LogP) is 1.51. The minimum atomic E-state index is -1.10. The molecule has 17 heavy (non-hydrogen) atoms. The molecule has 1 amide bonds. The first-order chi connectivity index (χ1) is 7.82. The highest BCUT2D eigenvalue weighted by molar-refractivity contribution is 7.07. The fraction of sp³-hybridized carbons (Fsp3) is 0.545. The molecule has 94 valence electrons. The fourth-order valence-electron chi connectivity index (χ4n) is 1.48. The molecule has 0 aliphatic heterocycles. The maximum atomic E-state index is 11.8. The predicted molar refractivity (Wildman–Crippen MR) is 64.5 cm³/mol. The molecule has 0 spiro atoms. The lowest BCUT2D eigenvalue weighted by atomic mass is 9.80. The number of carboxylic acid groups (broad SMARTS) is 1.